The summed E-state index contributed by atoms with van der Waals surface area (Å²) in [6.07, 6.45) is 0. The number of imide groups is 1. The summed E-state index contributed by atoms with van der Waals surface area (Å²) in [7, 11) is 0. The van der Waals surface area contributed by atoms with Crippen LogP contribution in [0.25, 0.3) is 0 Å². The van der Waals surface area contributed by atoms with Gasteiger partial charge in [0, 0.05) is 5.02 Å². The van der Waals surface area contributed by atoms with Crippen LogP contribution in [0.2, 0.25) is 5.02 Å². The van der Waals surface area contributed by atoms with Crippen molar-refractivity contribution in [2.75, 3.05) is 11.9 Å². The summed E-state index contributed by atoms with van der Waals surface area (Å²) in [6.45, 7) is -0.720. The molecule has 5 nitrogen and oxygen atoms in total. The summed E-state index contributed by atoms with van der Waals surface area (Å²) in [5.41, 5.74) is -0.478. The van der Waals surface area contributed by atoms with E-state index in [9.17, 15) is 27.6 Å². The standard InChI is InChI=1S/C16H8ClF3N2O3/c17-7-1-2-8-9(5-7)16(25)22(15(8)24)6-12(23)21-11-4-3-10(18)13(19)14(11)20/h1-5H,6H2,(H,21,23). The minimum Gasteiger partial charge on any atom is -0.322 e. The monoisotopic (exact) mass is 368 g/mol. The summed E-state index contributed by atoms with van der Waals surface area (Å²) >= 11 is 5.77. The third-order valence-electron chi connectivity index (χ3n) is 3.54. The quantitative estimate of drug-likeness (QED) is 0.669. The first-order chi connectivity index (χ1) is 11.8. The molecule has 0 saturated carbocycles. The number of amides is 3. The highest BCUT2D eigenvalue weighted by atomic mass is 35.5. The predicted molar refractivity (Wildman–Crippen MR) is 81.8 cm³/mol. The first kappa shape index (κ1) is 17.0. The van der Waals surface area contributed by atoms with E-state index in [1.165, 1.54) is 18.2 Å². The Balaban J connectivity index is 1.78. The molecule has 0 saturated heterocycles. The molecule has 1 N–H and O–H groups in total. The van der Waals surface area contributed by atoms with Crippen LogP contribution in [0.4, 0.5) is 18.9 Å². The van der Waals surface area contributed by atoms with Crippen LogP contribution >= 0.6 is 11.6 Å². The Morgan fingerprint density at radius 1 is 1.00 bits per heavy atom. The Kier molecular flexibility index (Phi) is 4.22. The Hall–Kier alpha value is -2.87. The highest BCUT2D eigenvalue weighted by molar-refractivity contribution is 6.32. The second-order valence-electron chi connectivity index (χ2n) is 5.16. The summed E-state index contributed by atoms with van der Waals surface area (Å²) in [5.74, 6) is -7.13. The van der Waals surface area contributed by atoms with Crippen molar-refractivity contribution in [1.29, 1.82) is 0 Å². The van der Waals surface area contributed by atoms with Crippen molar-refractivity contribution in [2.24, 2.45) is 0 Å². The van der Waals surface area contributed by atoms with Gasteiger partial charge in [0.05, 0.1) is 16.8 Å². The average molecular weight is 369 g/mol. The average Bonchev–Trinajstić information content (AvgIpc) is 2.80. The minimum atomic E-state index is -1.74. The van der Waals surface area contributed by atoms with E-state index in [2.05, 4.69) is 0 Å². The molecule has 0 spiro atoms. The van der Waals surface area contributed by atoms with Gasteiger partial charge < -0.3 is 5.32 Å². The number of anilines is 1. The number of carbonyl (C=O) groups excluding carboxylic acids is 3. The third kappa shape index (κ3) is 2.96. The first-order valence-corrected chi connectivity index (χ1v) is 7.26. The number of hydrogen-bond donors (Lipinski definition) is 1. The van der Waals surface area contributed by atoms with E-state index in [0.29, 0.717) is 11.0 Å². The van der Waals surface area contributed by atoms with Crippen LogP contribution in [0.3, 0.4) is 0 Å². The zero-order valence-corrected chi connectivity index (χ0v) is 13.0. The van der Waals surface area contributed by atoms with Gasteiger partial charge in [0.25, 0.3) is 11.8 Å². The lowest BCUT2D eigenvalue weighted by molar-refractivity contribution is -0.116. The van der Waals surface area contributed by atoms with Crippen LogP contribution in [0, 0.1) is 17.5 Å². The van der Waals surface area contributed by atoms with E-state index in [4.69, 9.17) is 11.6 Å². The number of nitrogens with one attached hydrogen (secondary N) is 1. The van der Waals surface area contributed by atoms with Gasteiger partial charge >= 0.3 is 0 Å². The number of fused-ring (bicyclic) bond motifs is 1. The summed E-state index contributed by atoms with van der Waals surface area (Å²) < 4.78 is 39.6. The van der Waals surface area contributed by atoms with Gasteiger partial charge in [0.1, 0.15) is 6.54 Å². The smallest absolute Gasteiger partial charge is 0.262 e. The van der Waals surface area contributed by atoms with Crippen molar-refractivity contribution in [3.63, 3.8) is 0 Å². The van der Waals surface area contributed by atoms with Gasteiger partial charge in [0.15, 0.2) is 17.5 Å². The van der Waals surface area contributed by atoms with Crippen LogP contribution in [0.15, 0.2) is 30.3 Å². The van der Waals surface area contributed by atoms with Gasteiger partial charge in [-0.15, -0.1) is 0 Å². The number of rotatable bonds is 3. The molecule has 3 rings (SSSR count). The second-order valence-corrected chi connectivity index (χ2v) is 5.59. The Bertz CT molecular complexity index is 933. The minimum absolute atomic E-state index is 0.0457. The lowest BCUT2D eigenvalue weighted by Gasteiger charge is -2.14. The van der Waals surface area contributed by atoms with Gasteiger partial charge in [-0.2, -0.15) is 0 Å². The second kappa shape index (κ2) is 6.21. The maximum atomic E-state index is 13.6. The Labute approximate surface area is 144 Å². The summed E-state index contributed by atoms with van der Waals surface area (Å²) in [6, 6.07) is 5.53. The molecule has 3 amide bonds. The third-order valence-corrected chi connectivity index (χ3v) is 3.78. The molecule has 0 aliphatic carbocycles. The van der Waals surface area contributed by atoms with Gasteiger partial charge in [-0.1, -0.05) is 11.6 Å². The normalized spacial score (nSPS) is 13.2. The predicted octanol–water partition coefficient (Wildman–Crippen LogP) is 2.99. The molecular formula is C16H8ClF3N2O3. The molecule has 2 aromatic rings. The molecule has 0 bridgehead atoms. The van der Waals surface area contributed by atoms with Crippen LogP contribution in [-0.2, 0) is 4.79 Å². The summed E-state index contributed by atoms with van der Waals surface area (Å²) in [5, 5.41) is 2.24. The number of hydrogen-bond acceptors (Lipinski definition) is 3. The zero-order valence-electron chi connectivity index (χ0n) is 12.3. The van der Waals surface area contributed by atoms with Crippen molar-refractivity contribution in [3.05, 3.63) is 63.9 Å². The lowest BCUT2D eigenvalue weighted by atomic mass is 10.1. The van der Waals surface area contributed by atoms with Crippen LogP contribution in [-0.4, -0.2) is 29.2 Å². The number of nitrogens with zero attached hydrogens (tertiary/aromatic N) is 1. The van der Waals surface area contributed by atoms with Gasteiger partial charge in [0.2, 0.25) is 5.91 Å². The molecule has 9 heteroatoms. The fourth-order valence-corrected chi connectivity index (χ4v) is 2.53. The number of carbonyl (C=O) groups is 3. The highest BCUT2D eigenvalue weighted by Gasteiger charge is 2.36. The number of halogens is 4. The molecule has 1 aliphatic heterocycles. The molecule has 2 aromatic carbocycles. The largest absolute Gasteiger partial charge is 0.322 e. The van der Waals surface area contributed by atoms with Crippen molar-refractivity contribution in [1.82, 2.24) is 4.90 Å². The van der Waals surface area contributed by atoms with Crippen molar-refractivity contribution < 1.29 is 27.6 Å². The highest BCUT2D eigenvalue weighted by Crippen LogP contribution is 2.26. The molecule has 0 atom stereocenters. The van der Waals surface area contributed by atoms with E-state index >= 15 is 0 Å². The Morgan fingerprint density at radius 3 is 2.40 bits per heavy atom. The maximum absolute atomic E-state index is 13.6. The van der Waals surface area contributed by atoms with E-state index in [-0.39, 0.29) is 16.1 Å². The molecule has 0 radical (unpaired) electrons. The topological polar surface area (TPSA) is 66.5 Å². The zero-order chi connectivity index (χ0) is 18.3. The van der Waals surface area contributed by atoms with Gasteiger partial charge in [-0.3, -0.25) is 19.3 Å². The maximum Gasteiger partial charge on any atom is 0.262 e. The van der Waals surface area contributed by atoms with E-state index in [1.807, 2.05) is 5.32 Å². The van der Waals surface area contributed by atoms with Crippen LogP contribution < -0.4 is 5.32 Å². The molecule has 1 aliphatic rings. The van der Waals surface area contributed by atoms with Crippen molar-refractivity contribution >= 4 is 35.0 Å². The first-order valence-electron chi connectivity index (χ1n) is 6.88. The molecule has 0 aromatic heterocycles. The molecule has 1 heterocycles. The number of benzene rings is 2. The van der Waals surface area contributed by atoms with Crippen molar-refractivity contribution in [2.45, 2.75) is 0 Å². The molecule has 128 valence electrons. The van der Waals surface area contributed by atoms with E-state index < -0.39 is 47.4 Å². The fourth-order valence-electron chi connectivity index (χ4n) is 2.36. The van der Waals surface area contributed by atoms with Gasteiger partial charge in [-0.05, 0) is 30.3 Å². The molecule has 0 unspecified atom stereocenters. The lowest BCUT2D eigenvalue weighted by Crippen LogP contribution is -2.37. The van der Waals surface area contributed by atoms with Crippen LogP contribution in [0.1, 0.15) is 20.7 Å². The summed E-state index contributed by atoms with van der Waals surface area (Å²) in [4.78, 5) is 37.0. The van der Waals surface area contributed by atoms with Gasteiger partial charge in [-0.25, -0.2) is 13.2 Å². The Morgan fingerprint density at radius 2 is 1.68 bits per heavy atom. The van der Waals surface area contributed by atoms with E-state index in [0.717, 1.165) is 6.07 Å². The van der Waals surface area contributed by atoms with Crippen LogP contribution in [0.5, 0.6) is 0 Å². The van der Waals surface area contributed by atoms with E-state index in [1.54, 1.807) is 0 Å². The molecular weight excluding hydrogens is 361 g/mol. The SMILES string of the molecule is O=C(CN1C(=O)c2ccc(Cl)cc2C1=O)Nc1ccc(F)c(F)c1F. The molecule has 0 fully saturated rings. The molecule has 25 heavy (non-hydrogen) atoms. The van der Waals surface area contributed by atoms with Crippen molar-refractivity contribution in [3.8, 4) is 0 Å². The fraction of sp³-hybridized carbons (Fsp3) is 0.0625.